The van der Waals surface area contributed by atoms with Gasteiger partial charge in [-0.05, 0) is 34.5 Å². The number of rotatable bonds is 3. The highest BCUT2D eigenvalue weighted by atomic mass is 79.9. The molecular weight excluding hydrogens is 347 g/mol. The van der Waals surface area contributed by atoms with Crippen LogP contribution in [0.15, 0.2) is 21.1 Å². The van der Waals surface area contributed by atoms with Crippen molar-refractivity contribution >= 4 is 49.4 Å². The molecule has 5 heteroatoms. The van der Waals surface area contributed by atoms with E-state index in [1.54, 1.807) is 12.1 Å². The van der Waals surface area contributed by atoms with Gasteiger partial charge in [-0.15, -0.1) is 0 Å². The smallest absolute Gasteiger partial charge is 0.315 e. The summed E-state index contributed by atoms with van der Waals surface area (Å²) in [6, 6.07) is 3.43. The van der Waals surface area contributed by atoms with E-state index in [9.17, 15) is 4.79 Å². The maximum absolute atomic E-state index is 11.2. The van der Waals surface area contributed by atoms with Gasteiger partial charge in [-0.25, -0.2) is 0 Å². The number of benzene rings is 1. The van der Waals surface area contributed by atoms with E-state index in [-0.39, 0.29) is 0 Å². The van der Waals surface area contributed by atoms with Crippen LogP contribution in [0, 0.1) is 6.42 Å². The van der Waals surface area contributed by atoms with Gasteiger partial charge in [0.2, 0.25) is 0 Å². The van der Waals surface area contributed by atoms with Gasteiger partial charge in [-0.2, -0.15) is 0 Å². The van der Waals surface area contributed by atoms with Crippen molar-refractivity contribution in [1.82, 2.24) is 0 Å². The molecule has 15 heavy (non-hydrogen) atoms. The van der Waals surface area contributed by atoms with E-state index in [4.69, 9.17) is 16.3 Å². The third kappa shape index (κ3) is 3.78. The zero-order valence-electron chi connectivity index (χ0n) is 7.89. The Balaban J connectivity index is 2.90. The van der Waals surface area contributed by atoms with Crippen LogP contribution in [-0.4, -0.2) is 5.97 Å². The first-order valence-electron chi connectivity index (χ1n) is 4.24. The first-order valence-corrected chi connectivity index (χ1v) is 6.20. The number of hydrogen-bond donors (Lipinski definition) is 0. The monoisotopic (exact) mass is 353 g/mol. The van der Waals surface area contributed by atoms with Gasteiger partial charge in [0.25, 0.3) is 0 Å². The molecule has 0 aromatic heterocycles. The van der Waals surface area contributed by atoms with Crippen molar-refractivity contribution in [3.8, 4) is 5.75 Å². The molecular formula is C10H8Br2ClO2. The van der Waals surface area contributed by atoms with E-state index < -0.39 is 5.97 Å². The molecule has 2 nitrogen and oxygen atoms in total. The molecule has 0 saturated carbocycles. The van der Waals surface area contributed by atoms with Gasteiger partial charge in [-0.1, -0.05) is 34.5 Å². The van der Waals surface area contributed by atoms with Crippen LogP contribution in [0.3, 0.4) is 0 Å². The SMILES string of the molecule is CC[CH]C(=O)Oc1c(Cl)cc(Br)cc1Br. The van der Waals surface area contributed by atoms with Crippen LogP contribution in [0.4, 0.5) is 0 Å². The minimum absolute atomic E-state index is 0.342. The second kappa shape index (κ2) is 5.87. The Morgan fingerprint density at radius 1 is 1.53 bits per heavy atom. The van der Waals surface area contributed by atoms with Crippen LogP contribution < -0.4 is 4.74 Å². The van der Waals surface area contributed by atoms with E-state index in [1.165, 1.54) is 6.42 Å². The lowest BCUT2D eigenvalue weighted by Gasteiger charge is -2.08. The second-order valence-corrected chi connectivity index (χ2v) is 4.91. The predicted molar refractivity (Wildman–Crippen MR) is 67.1 cm³/mol. The van der Waals surface area contributed by atoms with Gasteiger partial charge in [0, 0.05) is 4.47 Å². The zero-order valence-corrected chi connectivity index (χ0v) is 11.8. The molecule has 0 unspecified atom stereocenters. The Hall–Kier alpha value is -0.0600. The lowest BCUT2D eigenvalue weighted by atomic mass is 10.3. The molecule has 0 bridgehead atoms. The van der Waals surface area contributed by atoms with Crippen molar-refractivity contribution in [3.63, 3.8) is 0 Å². The Morgan fingerprint density at radius 2 is 2.20 bits per heavy atom. The quantitative estimate of drug-likeness (QED) is 0.594. The molecule has 0 N–H and O–H groups in total. The molecule has 0 aliphatic rings. The highest BCUT2D eigenvalue weighted by Crippen LogP contribution is 2.36. The van der Waals surface area contributed by atoms with Crippen molar-refractivity contribution < 1.29 is 9.53 Å². The minimum atomic E-state index is -0.401. The minimum Gasteiger partial charge on any atom is -0.423 e. The molecule has 1 radical (unpaired) electrons. The van der Waals surface area contributed by atoms with Gasteiger partial charge in [0.05, 0.1) is 15.9 Å². The lowest BCUT2D eigenvalue weighted by molar-refractivity contribution is -0.130. The van der Waals surface area contributed by atoms with Gasteiger partial charge >= 0.3 is 5.97 Å². The fourth-order valence-corrected chi connectivity index (χ4v) is 2.75. The Kier molecular flexibility index (Phi) is 5.09. The lowest BCUT2D eigenvalue weighted by Crippen LogP contribution is -2.08. The molecule has 0 aliphatic heterocycles. The summed E-state index contributed by atoms with van der Waals surface area (Å²) in [6.45, 7) is 1.86. The number of carbonyl (C=O) groups excluding carboxylic acids is 1. The third-order valence-corrected chi connectivity index (χ3v) is 2.86. The van der Waals surface area contributed by atoms with Crippen LogP contribution in [0.1, 0.15) is 13.3 Å². The van der Waals surface area contributed by atoms with Gasteiger partial charge < -0.3 is 4.74 Å². The summed E-state index contributed by atoms with van der Waals surface area (Å²) in [4.78, 5) is 11.2. The summed E-state index contributed by atoms with van der Waals surface area (Å²) in [5.41, 5.74) is 0. The van der Waals surface area contributed by atoms with E-state index in [2.05, 4.69) is 31.9 Å². The standard InChI is InChI=1S/C10H8Br2ClO2/c1-2-3-9(14)15-10-7(12)4-6(11)5-8(10)13/h3-5H,2H2,1H3. The zero-order chi connectivity index (χ0) is 11.4. The van der Waals surface area contributed by atoms with Crippen molar-refractivity contribution in [2.24, 2.45) is 0 Å². The molecule has 1 aromatic rings. The number of halogens is 3. The summed E-state index contributed by atoms with van der Waals surface area (Å²) in [5.74, 6) is -0.0583. The van der Waals surface area contributed by atoms with Crippen LogP contribution in [0.25, 0.3) is 0 Å². The summed E-state index contributed by atoms with van der Waals surface area (Å²) in [5, 5.41) is 0.383. The molecule has 0 aliphatic carbocycles. The predicted octanol–water partition coefficient (Wildman–Crippen LogP) is 4.38. The molecule has 1 aromatic carbocycles. The molecule has 0 heterocycles. The summed E-state index contributed by atoms with van der Waals surface area (Å²) < 4.78 is 6.53. The molecule has 0 amide bonds. The number of ether oxygens (including phenoxy) is 1. The van der Waals surface area contributed by atoms with E-state index in [0.29, 0.717) is 21.7 Å². The van der Waals surface area contributed by atoms with E-state index in [0.717, 1.165) is 4.47 Å². The van der Waals surface area contributed by atoms with Gasteiger partial charge in [0.1, 0.15) is 0 Å². The molecule has 0 fully saturated rings. The van der Waals surface area contributed by atoms with E-state index in [1.807, 2.05) is 6.92 Å². The van der Waals surface area contributed by atoms with Crippen molar-refractivity contribution in [3.05, 3.63) is 32.5 Å². The van der Waals surface area contributed by atoms with Crippen molar-refractivity contribution in [2.75, 3.05) is 0 Å². The topological polar surface area (TPSA) is 26.3 Å². The fraction of sp³-hybridized carbons (Fsp3) is 0.200. The number of carbonyl (C=O) groups is 1. The average molecular weight is 355 g/mol. The molecule has 0 spiro atoms. The summed E-state index contributed by atoms with van der Waals surface area (Å²) >= 11 is 12.5. The largest absolute Gasteiger partial charge is 0.423 e. The van der Waals surface area contributed by atoms with Crippen LogP contribution in [0.2, 0.25) is 5.02 Å². The van der Waals surface area contributed by atoms with Gasteiger partial charge in [0.15, 0.2) is 5.75 Å². The highest BCUT2D eigenvalue weighted by molar-refractivity contribution is 9.11. The van der Waals surface area contributed by atoms with E-state index >= 15 is 0 Å². The highest BCUT2D eigenvalue weighted by Gasteiger charge is 2.12. The molecule has 81 valence electrons. The van der Waals surface area contributed by atoms with Crippen molar-refractivity contribution in [1.29, 1.82) is 0 Å². The maximum atomic E-state index is 11.2. The number of hydrogen-bond acceptors (Lipinski definition) is 2. The normalized spacial score (nSPS) is 10.1. The molecule has 0 saturated heterocycles. The van der Waals surface area contributed by atoms with Crippen LogP contribution >= 0.6 is 43.5 Å². The molecule has 1 rings (SSSR count). The molecule has 0 atom stereocenters. The Labute approximate surface area is 110 Å². The summed E-state index contributed by atoms with van der Waals surface area (Å²) in [6.07, 6.45) is 2.08. The second-order valence-electron chi connectivity index (χ2n) is 2.73. The van der Waals surface area contributed by atoms with Crippen LogP contribution in [0.5, 0.6) is 5.75 Å². The first kappa shape index (κ1) is 13.0. The van der Waals surface area contributed by atoms with Gasteiger partial charge in [-0.3, -0.25) is 4.79 Å². The fourth-order valence-electron chi connectivity index (χ4n) is 0.935. The van der Waals surface area contributed by atoms with Crippen LogP contribution in [-0.2, 0) is 4.79 Å². The Morgan fingerprint density at radius 3 is 2.73 bits per heavy atom. The summed E-state index contributed by atoms with van der Waals surface area (Å²) in [7, 11) is 0. The first-order chi connectivity index (χ1) is 7.04. The number of esters is 1. The maximum Gasteiger partial charge on any atom is 0.315 e. The van der Waals surface area contributed by atoms with Crippen molar-refractivity contribution in [2.45, 2.75) is 13.3 Å². The third-order valence-electron chi connectivity index (χ3n) is 1.54. The Bertz CT molecular complexity index is 357. The average Bonchev–Trinajstić information content (AvgIpc) is 2.11.